The van der Waals surface area contributed by atoms with Crippen molar-refractivity contribution >= 4 is 39.4 Å². The Morgan fingerprint density at radius 1 is 1.13 bits per heavy atom. The molecule has 4 heterocycles. The summed E-state index contributed by atoms with van der Waals surface area (Å²) in [4.78, 5) is 24.0. The van der Waals surface area contributed by atoms with Gasteiger partial charge in [-0.05, 0) is 48.7 Å². The van der Waals surface area contributed by atoms with E-state index in [2.05, 4.69) is 43.5 Å². The fourth-order valence-corrected chi connectivity index (χ4v) is 4.13. The van der Waals surface area contributed by atoms with Crippen LogP contribution in [-0.2, 0) is 0 Å². The van der Waals surface area contributed by atoms with Crippen LogP contribution in [0.15, 0.2) is 60.4 Å². The fraction of sp³-hybridized carbons (Fsp3) is 0.174. The summed E-state index contributed by atoms with van der Waals surface area (Å²) in [6, 6.07) is 11.5. The number of nitrogens with zero attached hydrogens (tertiary/aromatic N) is 5. The van der Waals surface area contributed by atoms with Crippen molar-refractivity contribution in [2.45, 2.75) is 6.42 Å². The second kappa shape index (κ2) is 8.33. The Balaban J connectivity index is 1.38. The first-order chi connectivity index (χ1) is 15.2. The molecule has 0 atom stereocenters. The zero-order valence-corrected chi connectivity index (χ0v) is 17.8. The second-order valence-electron chi connectivity index (χ2n) is 7.50. The van der Waals surface area contributed by atoms with Crippen molar-refractivity contribution < 1.29 is 4.79 Å². The molecule has 0 fully saturated rings. The molecule has 3 aromatic heterocycles. The fourth-order valence-electron chi connectivity index (χ4n) is 3.58. The number of pyridine rings is 2. The van der Waals surface area contributed by atoms with Crippen LogP contribution in [0.3, 0.4) is 0 Å². The molecule has 0 bridgehead atoms. The number of aromatic nitrogens is 4. The van der Waals surface area contributed by atoms with Crippen LogP contribution in [0.2, 0.25) is 0 Å². The summed E-state index contributed by atoms with van der Waals surface area (Å²) in [5.74, 6) is 0.299. The minimum absolute atomic E-state index is 0.204. The summed E-state index contributed by atoms with van der Waals surface area (Å²) < 4.78 is 0. The Morgan fingerprint density at radius 3 is 2.87 bits per heavy atom. The Bertz CT molecular complexity index is 1280. The zero-order chi connectivity index (χ0) is 21.2. The number of fused-ring (bicyclic) bond motifs is 1. The predicted molar refractivity (Wildman–Crippen MR) is 123 cm³/mol. The van der Waals surface area contributed by atoms with Gasteiger partial charge in [0.25, 0.3) is 5.91 Å². The molecule has 1 aliphatic heterocycles. The van der Waals surface area contributed by atoms with Crippen LogP contribution in [0.4, 0.5) is 5.82 Å². The molecular formula is C23H20N6OS. The third-order valence-corrected chi connectivity index (χ3v) is 6.07. The molecule has 31 heavy (non-hydrogen) atoms. The van der Waals surface area contributed by atoms with E-state index in [1.165, 1.54) is 16.9 Å². The highest BCUT2D eigenvalue weighted by Gasteiger charge is 2.14. The van der Waals surface area contributed by atoms with Crippen LogP contribution in [0.25, 0.3) is 26.9 Å². The minimum atomic E-state index is -0.204. The molecule has 0 saturated carbocycles. The smallest absolute Gasteiger partial charge is 0.256 e. The number of anilines is 1. The van der Waals surface area contributed by atoms with Gasteiger partial charge in [0.05, 0.1) is 5.69 Å². The first kappa shape index (κ1) is 19.5. The number of likely N-dealkylation sites (N-methyl/N-ethyl adjacent to an activating group) is 1. The third-order valence-electron chi connectivity index (χ3n) is 5.33. The van der Waals surface area contributed by atoms with Gasteiger partial charge in [0.15, 0.2) is 0 Å². The highest BCUT2D eigenvalue weighted by Crippen LogP contribution is 2.26. The topological polar surface area (TPSA) is 83.9 Å². The van der Waals surface area contributed by atoms with E-state index >= 15 is 0 Å². The van der Waals surface area contributed by atoms with E-state index in [0.29, 0.717) is 11.4 Å². The summed E-state index contributed by atoms with van der Waals surface area (Å²) in [5.41, 5.74) is 5.30. The molecular weight excluding hydrogens is 408 g/mol. The van der Waals surface area contributed by atoms with Crippen molar-refractivity contribution in [2.24, 2.45) is 0 Å². The third kappa shape index (κ3) is 4.21. The number of rotatable bonds is 4. The highest BCUT2D eigenvalue weighted by molar-refractivity contribution is 7.12. The lowest BCUT2D eigenvalue weighted by atomic mass is 10.0. The van der Waals surface area contributed by atoms with Crippen LogP contribution < -0.4 is 5.32 Å². The molecule has 7 nitrogen and oxygen atoms in total. The first-order valence-corrected chi connectivity index (χ1v) is 10.9. The Morgan fingerprint density at radius 2 is 2.06 bits per heavy atom. The number of carbonyl (C=O) groups excluding carboxylic acids is 1. The lowest BCUT2D eigenvalue weighted by Crippen LogP contribution is -2.24. The molecule has 0 radical (unpaired) electrons. The van der Waals surface area contributed by atoms with Crippen LogP contribution in [0.5, 0.6) is 0 Å². The van der Waals surface area contributed by atoms with Gasteiger partial charge in [0, 0.05) is 42.0 Å². The number of nitrogens with one attached hydrogen (secondary N) is 1. The minimum Gasteiger partial charge on any atom is -0.307 e. The maximum atomic E-state index is 12.9. The van der Waals surface area contributed by atoms with E-state index in [4.69, 9.17) is 0 Å². The maximum Gasteiger partial charge on any atom is 0.256 e. The molecule has 0 saturated heterocycles. The lowest BCUT2D eigenvalue weighted by molar-refractivity contribution is 0.102. The molecule has 4 aromatic rings. The number of amides is 1. The summed E-state index contributed by atoms with van der Waals surface area (Å²) >= 11 is 1.49. The van der Waals surface area contributed by atoms with Crippen LogP contribution >= 0.6 is 11.3 Å². The molecule has 0 unspecified atom stereocenters. The normalized spacial score (nSPS) is 14.4. The van der Waals surface area contributed by atoms with E-state index < -0.39 is 0 Å². The number of benzene rings is 1. The summed E-state index contributed by atoms with van der Waals surface area (Å²) in [7, 11) is 2.10. The lowest BCUT2D eigenvalue weighted by Gasteiger charge is -2.21. The van der Waals surface area contributed by atoms with Crippen molar-refractivity contribution in [1.82, 2.24) is 25.1 Å². The first-order valence-electron chi connectivity index (χ1n) is 9.97. The van der Waals surface area contributed by atoms with E-state index in [0.717, 1.165) is 46.5 Å². The average molecular weight is 429 g/mol. The predicted octanol–water partition coefficient (Wildman–Crippen LogP) is 4.12. The molecule has 8 heteroatoms. The standard InChI is InChI=1S/C23H20N6OS/c1-29-8-5-15(6-9-29)20-11-16(4-7-24-20)22(30)27-21-12-19-10-17(23-28-26-14-31-23)2-3-18(19)13-25-21/h2-5,7,10-14H,6,8-9H2,1H3,(H,25,27,30). The number of hydrogen-bond acceptors (Lipinski definition) is 7. The van der Waals surface area contributed by atoms with Crippen molar-refractivity contribution in [2.75, 3.05) is 25.5 Å². The van der Waals surface area contributed by atoms with E-state index in [1.54, 1.807) is 24.0 Å². The second-order valence-corrected chi connectivity index (χ2v) is 8.33. The van der Waals surface area contributed by atoms with Gasteiger partial charge in [0.2, 0.25) is 0 Å². The summed E-state index contributed by atoms with van der Waals surface area (Å²) in [5, 5.41) is 13.8. The number of carbonyl (C=O) groups is 1. The van der Waals surface area contributed by atoms with Gasteiger partial charge in [-0.15, -0.1) is 10.2 Å². The van der Waals surface area contributed by atoms with Crippen molar-refractivity contribution in [1.29, 1.82) is 0 Å². The maximum absolute atomic E-state index is 12.9. The van der Waals surface area contributed by atoms with Crippen molar-refractivity contribution in [3.63, 3.8) is 0 Å². The van der Waals surface area contributed by atoms with Gasteiger partial charge in [-0.25, -0.2) is 4.98 Å². The zero-order valence-electron chi connectivity index (χ0n) is 16.9. The Hall–Kier alpha value is -3.49. The van der Waals surface area contributed by atoms with Gasteiger partial charge < -0.3 is 10.2 Å². The Labute approximate surface area is 183 Å². The van der Waals surface area contributed by atoms with E-state index in [-0.39, 0.29) is 5.91 Å². The van der Waals surface area contributed by atoms with Crippen LogP contribution in [0, 0.1) is 0 Å². The van der Waals surface area contributed by atoms with Gasteiger partial charge in [-0.1, -0.05) is 29.5 Å². The molecule has 154 valence electrons. The highest BCUT2D eigenvalue weighted by atomic mass is 32.1. The van der Waals surface area contributed by atoms with Crippen molar-refractivity contribution in [3.8, 4) is 10.6 Å². The molecule has 1 amide bonds. The molecule has 1 aromatic carbocycles. The molecule has 1 N–H and O–H groups in total. The van der Waals surface area contributed by atoms with Crippen LogP contribution in [0.1, 0.15) is 22.5 Å². The van der Waals surface area contributed by atoms with Gasteiger partial charge >= 0.3 is 0 Å². The average Bonchev–Trinajstić information content (AvgIpc) is 3.34. The summed E-state index contributed by atoms with van der Waals surface area (Å²) in [6.45, 7) is 1.89. The quantitative estimate of drug-likeness (QED) is 0.526. The molecule has 0 spiro atoms. The SMILES string of the molecule is CN1CC=C(c2cc(C(=O)Nc3cc4cc(-c5nncs5)ccc4cn3)ccn2)CC1. The number of hydrogen-bond donors (Lipinski definition) is 1. The van der Waals surface area contributed by atoms with Crippen molar-refractivity contribution in [3.05, 3.63) is 71.6 Å². The van der Waals surface area contributed by atoms with Gasteiger partial charge in [-0.3, -0.25) is 9.78 Å². The summed E-state index contributed by atoms with van der Waals surface area (Å²) in [6.07, 6.45) is 6.55. The molecule has 0 aliphatic carbocycles. The monoisotopic (exact) mass is 428 g/mol. The molecule has 5 rings (SSSR count). The van der Waals surface area contributed by atoms with Crippen LogP contribution in [-0.4, -0.2) is 51.1 Å². The Kier molecular flexibility index (Phi) is 5.23. The molecule has 1 aliphatic rings. The largest absolute Gasteiger partial charge is 0.307 e. The van der Waals surface area contributed by atoms with E-state index in [9.17, 15) is 4.79 Å². The van der Waals surface area contributed by atoms with E-state index in [1.807, 2.05) is 30.3 Å². The van der Waals surface area contributed by atoms with Gasteiger partial charge in [-0.2, -0.15) is 0 Å². The van der Waals surface area contributed by atoms with Gasteiger partial charge in [0.1, 0.15) is 16.3 Å².